The second-order valence-corrected chi connectivity index (χ2v) is 2.59. The molecule has 4 N–H and O–H groups in total. The number of rotatable bonds is 1. The quantitative estimate of drug-likeness (QED) is 0.286. The highest BCUT2D eigenvalue weighted by Crippen LogP contribution is 2.02. The fraction of sp³-hybridized carbons (Fsp3) is 0.286. The molecule has 1 heterocycles. The summed E-state index contributed by atoms with van der Waals surface area (Å²) in [5.41, 5.74) is 3.26. The van der Waals surface area contributed by atoms with Crippen LogP contribution in [0.3, 0.4) is 0 Å². The van der Waals surface area contributed by atoms with Gasteiger partial charge in [0.05, 0.1) is 0 Å². The van der Waals surface area contributed by atoms with E-state index in [0.29, 0.717) is 5.95 Å². The zero-order valence-corrected chi connectivity index (χ0v) is 7.42. The van der Waals surface area contributed by atoms with Crippen molar-refractivity contribution in [3.05, 3.63) is 17.5 Å². The van der Waals surface area contributed by atoms with Gasteiger partial charge in [-0.3, -0.25) is 15.9 Å². The maximum atomic E-state index is 8.34. The van der Waals surface area contributed by atoms with Crippen LogP contribution < -0.4 is 10.8 Å². The Kier molecular flexibility index (Phi) is 2.76. The summed E-state index contributed by atoms with van der Waals surface area (Å²) < 4.78 is 0. The summed E-state index contributed by atoms with van der Waals surface area (Å²) in [5, 5.41) is 17.9. The molecule has 6 heteroatoms. The predicted molar refractivity (Wildman–Crippen MR) is 47.8 cm³/mol. The van der Waals surface area contributed by atoms with E-state index in [0.717, 1.165) is 11.4 Å². The first-order valence-corrected chi connectivity index (χ1v) is 3.70. The van der Waals surface area contributed by atoms with E-state index in [2.05, 4.69) is 15.3 Å². The van der Waals surface area contributed by atoms with Gasteiger partial charge in [-0.15, -0.1) is 0 Å². The van der Waals surface area contributed by atoms with Gasteiger partial charge in [-0.05, 0) is 19.9 Å². The van der Waals surface area contributed by atoms with E-state index in [9.17, 15) is 0 Å². The van der Waals surface area contributed by atoms with Crippen LogP contribution in [-0.2, 0) is 0 Å². The number of nitrogens with one attached hydrogen (secondary N) is 3. The van der Waals surface area contributed by atoms with Gasteiger partial charge < -0.3 is 0 Å². The molecule has 0 radical (unpaired) electrons. The minimum Gasteiger partial charge on any atom is -0.293 e. The molecule has 13 heavy (non-hydrogen) atoms. The molecule has 0 saturated carbocycles. The Labute approximate surface area is 75.5 Å². The predicted octanol–water partition coefficient (Wildman–Crippen LogP) is 0.419. The fourth-order valence-electron chi connectivity index (χ4n) is 0.922. The van der Waals surface area contributed by atoms with Crippen molar-refractivity contribution >= 4 is 11.9 Å². The lowest BCUT2D eigenvalue weighted by Crippen LogP contribution is -2.27. The van der Waals surface area contributed by atoms with Gasteiger partial charge in [0.15, 0.2) is 0 Å². The Balaban J connectivity index is 2.83. The molecular weight excluding hydrogens is 170 g/mol. The summed E-state index contributed by atoms with van der Waals surface area (Å²) in [6.07, 6.45) is 0. The SMILES string of the molecule is Cc1cc(C)nc(NC(=N)NO)n1. The lowest BCUT2D eigenvalue weighted by Gasteiger charge is -2.05. The van der Waals surface area contributed by atoms with Gasteiger partial charge in [0.2, 0.25) is 11.9 Å². The summed E-state index contributed by atoms with van der Waals surface area (Å²) in [7, 11) is 0. The Bertz CT molecular complexity index is 304. The summed E-state index contributed by atoms with van der Waals surface area (Å²) in [6.45, 7) is 3.66. The van der Waals surface area contributed by atoms with Crippen LogP contribution in [0.5, 0.6) is 0 Å². The van der Waals surface area contributed by atoms with Crippen molar-refractivity contribution in [2.75, 3.05) is 5.32 Å². The summed E-state index contributed by atoms with van der Waals surface area (Å²) in [4.78, 5) is 8.02. The van der Waals surface area contributed by atoms with E-state index in [1.807, 2.05) is 19.9 Å². The third-order valence-electron chi connectivity index (χ3n) is 1.33. The summed E-state index contributed by atoms with van der Waals surface area (Å²) in [6, 6.07) is 1.82. The first-order valence-electron chi connectivity index (χ1n) is 3.70. The second kappa shape index (κ2) is 3.81. The number of guanidine groups is 1. The van der Waals surface area contributed by atoms with Crippen molar-refractivity contribution in [3.63, 3.8) is 0 Å². The van der Waals surface area contributed by atoms with E-state index >= 15 is 0 Å². The number of nitrogens with zero attached hydrogens (tertiary/aromatic N) is 2. The molecule has 0 amide bonds. The van der Waals surface area contributed by atoms with Gasteiger partial charge >= 0.3 is 0 Å². The van der Waals surface area contributed by atoms with Crippen molar-refractivity contribution < 1.29 is 5.21 Å². The number of hydroxylamine groups is 1. The minimum absolute atomic E-state index is 0.259. The molecule has 6 nitrogen and oxygen atoms in total. The normalized spacial score (nSPS) is 9.46. The number of aromatic nitrogens is 2. The van der Waals surface area contributed by atoms with Gasteiger partial charge in [-0.2, -0.15) is 0 Å². The molecule has 0 aliphatic heterocycles. The molecule has 1 aromatic rings. The van der Waals surface area contributed by atoms with Gasteiger partial charge in [-0.25, -0.2) is 15.4 Å². The molecule has 0 atom stereocenters. The first-order chi connectivity index (χ1) is 6.11. The molecule has 70 valence electrons. The first kappa shape index (κ1) is 9.40. The van der Waals surface area contributed by atoms with Crippen molar-refractivity contribution in [1.82, 2.24) is 15.4 Å². The number of hydrogen-bond acceptors (Lipinski definition) is 4. The maximum Gasteiger partial charge on any atom is 0.230 e. The van der Waals surface area contributed by atoms with Gasteiger partial charge in [-0.1, -0.05) is 0 Å². The van der Waals surface area contributed by atoms with E-state index < -0.39 is 0 Å². The van der Waals surface area contributed by atoms with Crippen LogP contribution in [0.2, 0.25) is 0 Å². The van der Waals surface area contributed by atoms with Crippen molar-refractivity contribution in [3.8, 4) is 0 Å². The molecule has 0 spiro atoms. The summed E-state index contributed by atoms with van der Waals surface area (Å²) in [5.74, 6) is 0.0362. The average molecular weight is 181 g/mol. The Morgan fingerprint density at radius 3 is 2.38 bits per heavy atom. The second-order valence-electron chi connectivity index (χ2n) is 2.59. The number of aryl methyl sites for hydroxylation is 2. The molecule has 0 saturated heterocycles. The van der Waals surface area contributed by atoms with Gasteiger partial charge in [0, 0.05) is 11.4 Å². The van der Waals surface area contributed by atoms with E-state index in [4.69, 9.17) is 10.6 Å². The van der Waals surface area contributed by atoms with Crippen molar-refractivity contribution in [2.24, 2.45) is 0 Å². The zero-order chi connectivity index (χ0) is 9.84. The van der Waals surface area contributed by atoms with Crippen LogP contribution in [0, 0.1) is 19.3 Å². The third-order valence-corrected chi connectivity index (χ3v) is 1.33. The molecule has 0 fully saturated rings. The monoisotopic (exact) mass is 181 g/mol. The molecule has 0 aliphatic rings. The maximum absolute atomic E-state index is 8.34. The molecule has 0 unspecified atom stereocenters. The number of hydrogen-bond donors (Lipinski definition) is 4. The van der Waals surface area contributed by atoms with E-state index in [1.54, 1.807) is 5.48 Å². The third kappa shape index (κ3) is 2.68. The van der Waals surface area contributed by atoms with E-state index in [-0.39, 0.29) is 5.96 Å². The van der Waals surface area contributed by atoms with Crippen molar-refractivity contribution in [2.45, 2.75) is 13.8 Å². The minimum atomic E-state index is -0.259. The topological polar surface area (TPSA) is 93.9 Å². The molecular formula is C7H11N5O. The highest BCUT2D eigenvalue weighted by molar-refractivity contribution is 5.88. The van der Waals surface area contributed by atoms with Crippen LogP contribution in [-0.4, -0.2) is 21.1 Å². The smallest absolute Gasteiger partial charge is 0.230 e. The van der Waals surface area contributed by atoms with Crippen molar-refractivity contribution in [1.29, 1.82) is 5.41 Å². The van der Waals surface area contributed by atoms with Crippen LogP contribution >= 0.6 is 0 Å². The Morgan fingerprint density at radius 2 is 1.92 bits per heavy atom. The molecule has 0 bridgehead atoms. The van der Waals surface area contributed by atoms with Gasteiger partial charge in [0.25, 0.3) is 0 Å². The largest absolute Gasteiger partial charge is 0.293 e. The van der Waals surface area contributed by atoms with Crippen LogP contribution in [0.15, 0.2) is 6.07 Å². The highest BCUT2D eigenvalue weighted by Gasteiger charge is 2.00. The molecule has 1 rings (SSSR count). The molecule has 1 aromatic heterocycles. The Hall–Kier alpha value is -1.69. The average Bonchev–Trinajstić information content (AvgIpc) is 2.02. The molecule has 0 aliphatic carbocycles. The Morgan fingerprint density at radius 1 is 1.38 bits per heavy atom. The lowest BCUT2D eigenvalue weighted by molar-refractivity contribution is 0.233. The molecule has 0 aromatic carbocycles. The number of anilines is 1. The van der Waals surface area contributed by atoms with E-state index in [1.165, 1.54) is 0 Å². The lowest BCUT2D eigenvalue weighted by atomic mass is 10.4. The van der Waals surface area contributed by atoms with Crippen LogP contribution in [0.4, 0.5) is 5.95 Å². The fourth-order valence-corrected chi connectivity index (χ4v) is 0.922. The highest BCUT2D eigenvalue weighted by atomic mass is 16.5. The standard InChI is InChI=1S/C7H11N5O/c1-4-3-5(2)10-7(9-4)11-6(8)12-13/h3,13H,1-2H3,(H3,8,9,10,11,12). The van der Waals surface area contributed by atoms with Gasteiger partial charge in [0.1, 0.15) is 0 Å². The zero-order valence-electron chi connectivity index (χ0n) is 7.42. The summed E-state index contributed by atoms with van der Waals surface area (Å²) >= 11 is 0. The van der Waals surface area contributed by atoms with Crippen LogP contribution in [0.1, 0.15) is 11.4 Å². The van der Waals surface area contributed by atoms with Crippen LogP contribution in [0.25, 0.3) is 0 Å².